The first-order valence-electron chi connectivity index (χ1n) is 16.3. The van der Waals surface area contributed by atoms with E-state index in [1.165, 1.54) is 0 Å². The second-order valence-electron chi connectivity index (χ2n) is 12.3. The SMILES string of the molecule is N#Cc1ccccc1-n1c2ccccc2c2c1ccc1c3ccc4c(c5c(C#N)cccc5n4-c4ccccc4)c3n(-c3ccccc3)c12. The van der Waals surface area contributed by atoms with E-state index in [0.717, 1.165) is 82.5 Å². The van der Waals surface area contributed by atoms with Gasteiger partial charge < -0.3 is 13.7 Å². The summed E-state index contributed by atoms with van der Waals surface area (Å²) in [6, 6.07) is 56.9. The highest BCUT2D eigenvalue weighted by Crippen LogP contribution is 2.46. The fourth-order valence-electron chi connectivity index (χ4n) is 7.99. The normalized spacial score (nSPS) is 11.6. The van der Waals surface area contributed by atoms with Crippen LogP contribution in [0.5, 0.6) is 0 Å². The molecule has 0 atom stereocenters. The first-order chi connectivity index (χ1) is 24.3. The lowest BCUT2D eigenvalue weighted by Gasteiger charge is -2.11. The summed E-state index contributed by atoms with van der Waals surface area (Å²) in [6.07, 6.45) is 0. The summed E-state index contributed by atoms with van der Waals surface area (Å²) in [5.74, 6) is 0. The van der Waals surface area contributed by atoms with Crippen molar-refractivity contribution < 1.29 is 0 Å². The van der Waals surface area contributed by atoms with Crippen LogP contribution >= 0.6 is 0 Å². The zero-order valence-corrected chi connectivity index (χ0v) is 26.2. The molecule has 0 amide bonds. The fourth-order valence-corrected chi connectivity index (χ4v) is 7.99. The van der Waals surface area contributed by atoms with E-state index in [9.17, 15) is 10.5 Å². The van der Waals surface area contributed by atoms with Gasteiger partial charge in [-0.3, -0.25) is 0 Å². The Balaban J connectivity index is 1.50. The molecule has 3 aromatic heterocycles. The predicted molar refractivity (Wildman–Crippen MR) is 199 cm³/mol. The molecular formula is C44H25N5. The minimum Gasteiger partial charge on any atom is -0.309 e. The summed E-state index contributed by atoms with van der Waals surface area (Å²) < 4.78 is 6.89. The highest BCUT2D eigenvalue weighted by molar-refractivity contribution is 6.32. The molecule has 0 aliphatic carbocycles. The first kappa shape index (κ1) is 27.1. The first-order valence-corrected chi connectivity index (χ1v) is 16.3. The molecule has 226 valence electrons. The lowest BCUT2D eigenvalue weighted by molar-refractivity contribution is 1.16. The molecule has 0 spiro atoms. The second-order valence-corrected chi connectivity index (χ2v) is 12.3. The van der Waals surface area contributed by atoms with Crippen molar-refractivity contribution >= 4 is 65.4 Å². The van der Waals surface area contributed by atoms with Crippen molar-refractivity contribution in [2.24, 2.45) is 0 Å². The predicted octanol–water partition coefficient (Wildman–Crippen LogP) is 10.7. The lowest BCUT2D eigenvalue weighted by atomic mass is 10.0. The highest BCUT2D eigenvalue weighted by Gasteiger charge is 2.25. The Bertz CT molecular complexity index is 3050. The van der Waals surface area contributed by atoms with Crippen molar-refractivity contribution in [3.05, 3.63) is 163 Å². The zero-order valence-electron chi connectivity index (χ0n) is 26.2. The van der Waals surface area contributed by atoms with Crippen molar-refractivity contribution in [2.75, 3.05) is 0 Å². The number of rotatable bonds is 3. The van der Waals surface area contributed by atoms with Crippen molar-refractivity contribution in [3.8, 4) is 29.2 Å². The van der Waals surface area contributed by atoms with E-state index < -0.39 is 0 Å². The van der Waals surface area contributed by atoms with E-state index in [2.05, 4.69) is 129 Å². The van der Waals surface area contributed by atoms with Crippen molar-refractivity contribution in [1.29, 1.82) is 10.5 Å². The summed E-state index contributed by atoms with van der Waals surface area (Å²) in [4.78, 5) is 0. The monoisotopic (exact) mass is 623 g/mol. The van der Waals surface area contributed by atoms with Crippen LogP contribution in [0.2, 0.25) is 0 Å². The van der Waals surface area contributed by atoms with Gasteiger partial charge in [-0.2, -0.15) is 10.5 Å². The van der Waals surface area contributed by atoms with Gasteiger partial charge in [0, 0.05) is 43.7 Å². The molecule has 0 fully saturated rings. The number of hydrogen-bond donors (Lipinski definition) is 0. The summed E-state index contributed by atoms with van der Waals surface area (Å²) in [6.45, 7) is 0. The largest absolute Gasteiger partial charge is 0.309 e. The minimum atomic E-state index is 0.619. The van der Waals surface area contributed by atoms with Crippen LogP contribution < -0.4 is 0 Å². The van der Waals surface area contributed by atoms with E-state index in [-0.39, 0.29) is 0 Å². The van der Waals surface area contributed by atoms with Crippen LogP contribution in [0.4, 0.5) is 0 Å². The lowest BCUT2D eigenvalue weighted by Crippen LogP contribution is -1.97. The van der Waals surface area contributed by atoms with Gasteiger partial charge in [-0.15, -0.1) is 0 Å². The van der Waals surface area contributed by atoms with Gasteiger partial charge in [0.25, 0.3) is 0 Å². The maximum atomic E-state index is 10.5. The Hall–Kier alpha value is -7.08. The van der Waals surface area contributed by atoms with Gasteiger partial charge in [0.15, 0.2) is 0 Å². The number of benzene rings is 7. The van der Waals surface area contributed by atoms with Crippen LogP contribution in [-0.2, 0) is 0 Å². The van der Waals surface area contributed by atoms with E-state index >= 15 is 0 Å². The number of para-hydroxylation sites is 4. The molecule has 0 aliphatic heterocycles. The molecule has 5 nitrogen and oxygen atoms in total. The summed E-state index contributed by atoms with van der Waals surface area (Å²) in [5, 5.41) is 27.1. The van der Waals surface area contributed by atoms with Gasteiger partial charge in [0.1, 0.15) is 6.07 Å². The Morgan fingerprint density at radius 1 is 0.347 bits per heavy atom. The van der Waals surface area contributed by atoms with Gasteiger partial charge >= 0.3 is 0 Å². The molecule has 10 rings (SSSR count). The van der Waals surface area contributed by atoms with Crippen LogP contribution in [0.1, 0.15) is 11.1 Å². The topological polar surface area (TPSA) is 62.4 Å². The van der Waals surface area contributed by atoms with E-state index in [4.69, 9.17) is 0 Å². The molecule has 0 saturated carbocycles. The molecule has 0 bridgehead atoms. The smallest absolute Gasteiger partial charge is 0.101 e. The van der Waals surface area contributed by atoms with Gasteiger partial charge in [-0.1, -0.05) is 84.9 Å². The van der Waals surface area contributed by atoms with Gasteiger partial charge in [-0.05, 0) is 66.7 Å². The van der Waals surface area contributed by atoms with Crippen LogP contribution in [0, 0.1) is 22.7 Å². The van der Waals surface area contributed by atoms with Gasteiger partial charge in [0.05, 0.1) is 56.0 Å². The summed E-state index contributed by atoms with van der Waals surface area (Å²) in [7, 11) is 0. The third-order valence-corrected chi connectivity index (χ3v) is 9.89. The molecule has 0 N–H and O–H groups in total. The molecule has 49 heavy (non-hydrogen) atoms. The Morgan fingerprint density at radius 2 is 0.878 bits per heavy atom. The molecule has 0 unspecified atom stereocenters. The van der Waals surface area contributed by atoms with E-state index in [1.54, 1.807) is 0 Å². The number of fused-ring (bicyclic) bond motifs is 11. The van der Waals surface area contributed by atoms with Crippen LogP contribution in [0.15, 0.2) is 152 Å². The Morgan fingerprint density at radius 3 is 1.59 bits per heavy atom. The van der Waals surface area contributed by atoms with Crippen LogP contribution in [0.3, 0.4) is 0 Å². The molecule has 0 radical (unpaired) electrons. The fraction of sp³-hybridized carbons (Fsp3) is 0. The Labute approximate surface area is 280 Å². The number of hydrogen-bond acceptors (Lipinski definition) is 2. The number of nitriles is 2. The quantitative estimate of drug-likeness (QED) is 0.197. The Kier molecular flexibility index (Phi) is 5.64. The molecule has 3 heterocycles. The number of nitrogens with zero attached hydrogens (tertiary/aromatic N) is 5. The maximum absolute atomic E-state index is 10.5. The van der Waals surface area contributed by atoms with Crippen LogP contribution in [-0.4, -0.2) is 13.7 Å². The third kappa shape index (κ3) is 3.62. The van der Waals surface area contributed by atoms with Crippen LogP contribution in [0.25, 0.3) is 82.5 Å². The molecule has 0 aliphatic rings. The summed E-state index contributed by atoms with van der Waals surface area (Å²) in [5.41, 5.74) is 10.4. The highest BCUT2D eigenvalue weighted by atomic mass is 15.0. The molecule has 10 aromatic rings. The zero-order chi connectivity index (χ0) is 32.6. The van der Waals surface area contributed by atoms with Gasteiger partial charge in [-0.25, -0.2) is 0 Å². The van der Waals surface area contributed by atoms with Crippen molar-refractivity contribution in [3.63, 3.8) is 0 Å². The molecule has 5 heteroatoms. The summed E-state index contributed by atoms with van der Waals surface area (Å²) >= 11 is 0. The molecular weight excluding hydrogens is 599 g/mol. The molecule has 0 saturated heterocycles. The van der Waals surface area contributed by atoms with E-state index in [1.807, 2.05) is 48.5 Å². The van der Waals surface area contributed by atoms with Crippen molar-refractivity contribution in [1.82, 2.24) is 13.7 Å². The third-order valence-electron chi connectivity index (χ3n) is 9.89. The average molecular weight is 624 g/mol. The minimum absolute atomic E-state index is 0.619. The second kappa shape index (κ2) is 10.2. The maximum Gasteiger partial charge on any atom is 0.101 e. The van der Waals surface area contributed by atoms with Gasteiger partial charge in [0.2, 0.25) is 0 Å². The standard InChI is InChI=1S/C44H25N5/c45-26-28-12-7-9-19-35(28)49-36-20-10-8-18-34(36)41-38(49)24-22-32-33-23-25-39-42(44(33)48(43(32)41)31-16-5-2-6-17-31)40-29(27-46)13-11-21-37(40)47(39)30-14-3-1-4-15-30/h1-25H. The number of aromatic nitrogens is 3. The molecule has 7 aromatic carbocycles. The van der Waals surface area contributed by atoms with E-state index in [0.29, 0.717) is 11.1 Å². The van der Waals surface area contributed by atoms with Crippen molar-refractivity contribution in [2.45, 2.75) is 0 Å². The average Bonchev–Trinajstić information content (AvgIpc) is 3.81.